The summed E-state index contributed by atoms with van der Waals surface area (Å²) in [6.07, 6.45) is -2.54. The molecule has 1 amide bonds. The maximum Gasteiger partial charge on any atom is 0.434 e. The van der Waals surface area contributed by atoms with Crippen molar-refractivity contribution >= 4 is 28.9 Å². The van der Waals surface area contributed by atoms with E-state index >= 15 is 0 Å². The van der Waals surface area contributed by atoms with Crippen LogP contribution in [0.4, 0.5) is 13.2 Å². The molecule has 0 spiro atoms. The molecule has 1 aliphatic rings. The third-order valence-electron chi connectivity index (χ3n) is 5.22. The number of carbonyl (C=O) groups excluding carboxylic acids is 1. The van der Waals surface area contributed by atoms with E-state index < -0.39 is 17.9 Å². The number of methoxy groups -OCH3 is 1. The highest BCUT2D eigenvalue weighted by molar-refractivity contribution is 6.35. The van der Waals surface area contributed by atoms with Gasteiger partial charge in [0.25, 0.3) is 5.91 Å². The molecule has 1 atom stereocenters. The summed E-state index contributed by atoms with van der Waals surface area (Å²) in [4.78, 5) is 21.9. The van der Waals surface area contributed by atoms with E-state index in [4.69, 9.17) is 21.7 Å². The van der Waals surface area contributed by atoms with Crippen LogP contribution < -0.4 is 10.1 Å². The Kier molecular flexibility index (Phi) is 6.73. The molecule has 1 aliphatic heterocycles. The van der Waals surface area contributed by atoms with Gasteiger partial charge in [0.05, 0.1) is 47.5 Å². The molecule has 0 radical (unpaired) electrons. The number of aromatic nitrogens is 2. The second kappa shape index (κ2) is 9.15. The number of halogens is 4. The molecule has 7 nitrogen and oxygen atoms in total. The minimum atomic E-state index is -4.64. The van der Waals surface area contributed by atoms with Crippen LogP contribution in [0.2, 0.25) is 5.02 Å². The Morgan fingerprint density at radius 3 is 2.69 bits per heavy atom. The minimum absolute atomic E-state index is 0.0232. The fourth-order valence-electron chi connectivity index (χ4n) is 3.55. The van der Waals surface area contributed by atoms with Crippen LogP contribution in [-0.4, -0.2) is 53.2 Å². The number of amides is 1. The first-order valence-corrected chi connectivity index (χ1v) is 10.0. The van der Waals surface area contributed by atoms with Crippen molar-refractivity contribution in [3.05, 3.63) is 58.1 Å². The van der Waals surface area contributed by atoms with E-state index in [9.17, 15) is 18.0 Å². The maximum atomic E-state index is 13.1. The topological polar surface area (TPSA) is 91.2 Å². The number of nitrogens with one attached hydrogen (secondary N) is 2. The molecule has 11 heteroatoms. The molecule has 2 aromatic rings. The lowest BCUT2D eigenvalue weighted by Crippen LogP contribution is -2.48. The molecule has 1 aromatic carbocycles. The van der Waals surface area contributed by atoms with Crippen LogP contribution in [0.1, 0.15) is 35.1 Å². The van der Waals surface area contributed by atoms with Gasteiger partial charge in [-0.1, -0.05) is 17.7 Å². The average Bonchev–Trinajstić information content (AvgIpc) is 2.76. The lowest BCUT2D eigenvalue weighted by molar-refractivity contribution is -0.141. The fraction of sp³-hybridized carbons (Fsp3) is 0.333. The molecule has 0 aliphatic carbocycles. The van der Waals surface area contributed by atoms with Crippen LogP contribution in [0.5, 0.6) is 5.75 Å². The van der Waals surface area contributed by atoms with E-state index in [1.165, 1.54) is 25.3 Å². The molecule has 1 aromatic heterocycles. The second-order valence-electron chi connectivity index (χ2n) is 7.05. The normalized spacial score (nSPS) is 18.4. The number of likely N-dealkylation sites (tertiary alicyclic amines) is 1. The SMILES string of the molecule is CN/C(=C1/CCN(C(=O)c2cccc(OC)c2Cl)[C@@H](C)C1=N)c1cncc(C(F)(F)F)n1. The summed E-state index contributed by atoms with van der Waals surface area (Å²) in [7, 11) is 2.98. The van der Waals surface area contributed by atoms with Crippen molar-refractivity contribution in [3.8, 4) is 5.75 Å². The number of carbonyl (C=O) groups is 1. The highest BCUT2D eigenvalue weighted by Gasteiger charge is 2.35. The molecule has 0 unspecified atom stereocenters. The lowest BCUT2D eigenvalue weighted by atomic mass is 9.92. The Balaban J connectivity index is 1.94. The summed E-state index contributed by atoms with van der Waals surface area (Å²) in [6.45, 7) is 1.92. The van der Waals surface area contributed by atoms with E-state index in [0.717, 1.165) is 0 Å². The number of benzene rings is 1. The molecular formula is C21H21ClF3N5O2. The van der Waals surface area contributed by atoms with Crippen molar-refractivity contribution in [2.45, 2.75) is 25.6 Å². The van der Waals surface area contributed by atoms with Gasteiger partial charge < -0.3 is 20.4 Å². The van der Waals surface area contributed by atoms with Crippen molar-refractivity contribution in [2.75, 3.05) is 20.7 Å². The van der Waals surface area contributed by atoms with Gasteiger partial charge in [0, 0.05) is 19.2 Å². The Labute approximate surface area is 187 Å². The first kappa shape index (κ1) is 23.5. The quantitative estimate of drug-likeness (QED) is 0.708. The van der Waals surface area contributed by atoms with Crippen molar-refractivity contribution in [1.82, 2.24) is 20.2 Å². The molecule has 0 saturated carbocycles. The van der Waals surface area contributed by atoms with Crippen LogP contribution in [0.15, 0.2) is 36.2 Å². The predicted octanol–water partition coefficient (Wildman–Crippen LogP) is 4.04. The standard InChI is InChI=1S/C21H21ClF3N5O2/c1-11-18(26)13(19(27-2)14-9-28-10-16(29-14)21(23,24)25)7-8-30(11)20(31)12-5-4-6-15(32-3)17(12)22/h4-6,9-11,26-27H,7-8H2,1-3H3/b19-13-,26-18?/t11-/m0/s1. The molecule has 1 saturated heterocycles. The van der Waals surface area contributed by atoms with Crippen LogP contribution in [0.25, 0.3) is 5.70 Å². The van der Waals surface area contributed by atoms with E-state index in [1.807, 2.05) is 0 Å². The van der Waals surface area contributed by atoms with E-state index in [-0.39, 0.29) is 46.6 Å². The van der Waals surface area contributed by atoms with Crippen LogP contribution >= 0.6 is 11.6 Å². The molecule has 170 valence electrons. The highest BCUT2D eigenvalue weighted by Crippen LogP contribution is 2.32. The number of hydrogen-bond donors (Lipinski definition) is 2. The maximum absolute atomic E-state index is 13.1. The molecule has 2 N–H and O–H groups in total. The van der Waals surface area contributed by atoms with E-state index in [2.05, 4.69) is 15.3 Å². The van der Waals surface area contributed by atoms with Gasteiger partial charge in [0.2, 0.25) is 0 Å². The summed E-state index contributed by atoms with van der Waals surface area (Å²) < 4.78 is 44.3. The Morgan fingerprint density at radius 2 is 2.06 bits per heavy atom. The molecular weight excluding hydrogens is 447 g/mol. The summed E-state index contributed by atoms with van der Waals surface area (Å²) in [5.41, 5.74) is -0.0719. The number of hydrogen-bond acceptors (Lipinski definition) is 6. The second-order valence-corrected chi connectivity index (χ2v) is 7.43. The van der Waals surface area contributed by atoms with Crippen molar-refractivity contribution < 1.29 is 22.7 Å². The van der Waals surface area contributed by atoms with Crippen LogP contribution in [0, 0.1) is 5.41 Å². The largest absolute Gasteiger partial charge is 0.495 e. The monoisotopic (exact) mass is 467 g/mol. The number of rotatable bonds is 4. The summed E-state index contributed by atoms with van der Waals surface area (Å²) >= 11 is 6.29. The molecule has 32 heavy (non-hydrogen) atoms. The van der Waals surface area contributed by atoms with Gasteiger partial charge in [-0.25, -0.2) is 4.98 Å². The molecule has 1 fully saturated rings. The summed E-state index contributed by atoms with van der Waals surface area (Å²) in [5.74, 6) is -0.00602. The Hall–Kier alpha value is -3.14. The lowest BCUT2D eigenvalue weighted by Gasteiger charge is -2.36. The smallest absolute Gasteiger partial charge is 0.434 e. The number of piperidine rings is 1. The first-order valence-electron chi connectivity index (χ1n) is 9.63. The number of alkyl halides is 3. The minimum Gasteiger partial charge on any atom is -0.495 e. The van der Waals surface area contributed by atoms with Gasteiger partial charge in [-0.2, -0.15) is 13.2 Å². The van der Waals surface area contributed by atoms with Gasteiger partial charge >= 0.3 is 6.18 Å². The summed E-state index contributed by atoms with van der Waals surface area (Å²) in [5, 5.41) is 11.6. The van der Waals surface area contributed by atoms with Gasteiger partial charge in [-0.3, -0.25) is 9.78 Å². The first-order chi connectivity index (χ1) is 15.1. The third kappa shape index (κ3) is 4.40. The van der Waals surface area contributed by atoms with Crippen molar-refractivity contribution in [3.63, 3.8) is 0 Å². The van der Waals surface area contributed by atoms with Gasteiger partial charge in [0.15, 0.2) is 5.69 Å². The Morgan fingerprint density at radius 1 is 1.34 bits per heavy atom. The van der Waals surface area contributed by atoms with E-state index in [0.29, 0.717) is 17.5 Å². The third-order valence-corrected chi connectivity index (χ3v) is 5.61. The highest BCUT2D eigenvalue weighted by atomic mass is 35.5. The van der Waals surface area contributed by atoms with Gasteiger partial charge in [-0.15, -0.1) is 0 Å². The Bertz CT molecular complexity index is 1090. The van der Waals surface area contributed by atoms with Crippen LogP contribution in [0.3, 0.4) is 0 Å². The van der Waals surface area contributed by atoms with Crippen molar-refractivity contribution in [2.24, 2.45) is 0 Å². The van der Waals surface area contributed by atoms with Gasteiger partial charge in [0.1, 0.15) is 11.4 Å². The zero-order chi connectivity index (χ0) is 23.6. The molecule has 0 bridgehead atoms. The zero-order valence-electron chi connectivity index (χ0n) is 17.5. The van der Waals surface area contributed by atoms with Crippen LogP contribution in [-0.2, 0) is 6.18 Å². The predicted molar refractivity (Wildman–Crippen MR) is 114 cm³/mol. The van der Waals surface area contributed by atoms with E-state index in [1.54, 1.807) is 25.1 Å². The average molecular weight is 468 g/mol. The number of ether oxygens (including phenoxy) is 1. The summed E-state index contributed by atoms with van der Waals surface area (Å²) in [6, 6.07) is 4.22. The van der Waals surface area contributed by atoms with Crippen molar-refractivity contribution in [1.29, 1.82) is 5.41 Å². The molecule has 2 heterocycles. The molecule has 3 rings (SSSR count). The zero-order valence-corrected chi connectivity index (χ0v) is 18.3. The fourth-order valence-corrected chi connectivity index (χ4v) is 3.83. The van der Waals surface area contributed by atoms with Gasteiger partial charge in [-0.05, 0) is 25.5 Å². The number of nitrogens with zero attached hydrogens (tertiary/aromatic N) is 3.